The van der Waals surface area contributed by atoms with E-state index in [-0.39, 0.29) is 0 Å². The van der Waals surface area contributed by atoms with Crippen molar-refractivity contribution in [2.45, 2.75) is 6.18 Å². The van der Waals surface area contributed by atoms with Crippen molar-refractivity contribution in [2.24, 2.45) is 0 Å². The van der Waals surface area contributed by atoms with E-state index < -0.39 is 11.7 Å². The van der Waals surface area contributed by atoms with Crippen LogP contribution in [0.15, 0.2) is 36.4 Å². The third kappa shape index (κ3) is 2.54. The molecule has 3 N–H and O–H groups in total. The summed E-state index contributed by atoms with van der Waals surface area (Å²) < 4.78 is 38.1. The molecule has 7 heteroatoms. The Balaban J connectivity index is 2.15. The third-order valence-electron chi connectivity index (χ3n) is 3.08. The fourth-order valence-electron chi connectivity index (χ4n) is 2.05. The van der Waals surface area contributed by atoms with Crippen LogP contribution in [0.25, 0.3) is 22.4 Å². The average molecular weight is 312 g/mol. The summed E-state index contributed by atoms with van der Waals surface area (Å²) in [4.78, 5) is 7.09. The Morgan fingerprint density at radius 2 is 1.86 bits per heavy atom. The zero-order valence-electron chi connectivity index (χ0n) is 10.5. The fraction of sp³-hybridized carbons (Fsp3) is 0.0714. The van der Waals surface area contributed by atoms with Crippen molar-refractivity contribution in [2.75, 3.05) is 5.73 Å². The van der Waals surface area contributed by atoms with Gasteiger partial charge in [-0.05, 0) is 36.4 Å². The lowest BCUT2D eigenvalue weighted by molar-refractivity contribution is -0.137. The van der Waals surface area contributed by atoms with E-state index in [0.717, 1.165) is 12.1 Å². The Morgan fingerprint density at radius 1 is 1.10 bits per heavy atom. The van der Waals surface area contributed by atoms with Crippen molar-refractivity contribution in [3.05, 3.63) is 47.0 Å². The summed E-state index contributed by atoms with van der Waals surface area (Å²) in [5, 5.41) is 0.468. The number of fused-ring (bicyclic) bond motifs is 1. The van der Waals surface area contributed by atoms with Gasteiger partial charge in [-0.2, -0.15) is 13.2 Å². The predicted octanol–water partition coefficient (Wildman–Crippen LogP) is 4.48. The van der Waals surface area contributed by atoms with Gasteiger partial charge in [0.1, 0.15) is 5.82 Å². The highest BCUT2D eigenvalue weighted by atomic mass is 35.5. The summed E-state index contributed by atoms with van der Waals surface area (Å²) in [5.41, 5.74) is 6.82. The molecule has 3 nitrogen and oxygen atoms in total. The number of aromatic amines is 1. The standard InChI is InChI=1S/C14H9ClF3N3/c15-8-2-3-10(19)9(6-8)13-20-11-4-1-7(14(16,17)18)5-12(11)21-13/h1-6H,19H2,(H,20,21). The van der Waals surface area contributed by atoms with Crippen LogP contribution < -0.4 is 5.73 Å². The number of halogens is 4. The van der Waals surface area contributed by atoms with E-state index in [1.54, 1.807) is 18.2 Å². The molecule has 1 aromatic heterocycles. The molecule has 0 atom stereocenters. The van der Waals surface area contributed by atoms with E-state index in [9.17, 15) is 13.2 Å². The van der Waals surface area contributed by atoms with Crippen LogP contribution in [0.1, 0.15) is 5.56 Å². The smallest absolute Gasteiger partial charge is 0.398 e. The molecular weight excluding hydrogens is 303 g/mol. The van der Waals surface area contributed by atoms with E-state index in [0.29, 0.717) is 33.1 Å². The molecule has 21 heavy (non-hydrogen) atoms. The zero-order valence-corrected chi connectivity index (χ0v) is 11.3. The Morgan fingerprint density at radius 3 is 2.57 bits per heavy atom. The number of aromatic nitrogens is 2. The van der Waals surface area contributed by atoms with Crippen molar-refractivity contribution < 1.29 is 13.2 Å². The van der Waals surface area contributed by atoms with Gasteiger partial charge in [0.2, 0.25) is 0 Å². The summed E-state index contributed by atoms with van der Waals surface area (Å²) in [5.74, 6) is 0.379. The number of alkyl halides is 3. The topological polar surface area (TPSA) is 54.7 Å². The fourth-order valence-corrected chi connectivity index (χ4v) is 2.22. The normalized spacial score (nSPS) is 12.0. The first-order valence-electron chi connectivity index (χ1n) is 5.97. The minimum Gasteiger partial charge on any atom is -0.398 e. The van der Waals surface area contributed by atoms with Crippen LogP contribution >= 0.6 is 11.6 Å². The molecule has 3 rings (SSSR count). The van der Waals surface area contributed by atoms with Gasteiger partial charge in [0.25, 0.3) is 0 Å². The number of rotatable bonds is 1. The van der Waals surface area contributed by atoms with Gasteiger partial charge in [0.15, 0.2) is 0 Å². The molecule has 2 aromatic carbocycles. The lowest BCUT2D eigenvalue weighted by atomic mass is 10.2. The van der Waals surface area contributed by atoms with E-state index in [2.05, 4.69) is 9.97 Å². The maximum absolute atomic E-state index is 12.7. The van der Waals surface area contributed by atoms with Crippen molar-refractivity contribution in [1.29, 1.82) is 0 Å². The first-order chi connectivity index (χ1) is 9.84. The van der Waals surface area contributed by atoms with Crippen molar-refractivity contribution in [3.8, 4) is 11.4 Å². The van der Waals surface area contributed by atoms with Gasteiger partial charge in [0, 0.05) is 16.3 Å². The molecule has 3 aromatic rings. The number of hydrogen-bond acceptors (Lipinski definition) is 2. The molecule has 0 fully saturated rings. The van der Waals surface area contributed by atoms with Crippen LogP contribution in [0, 0.1) is 0 Å². The van der Waals surface area contributed by atoms with Crippen molar-refractivity contribution >= 4 is 28.3 Å². The number of nitrogens with one attached hydrogen (secondary N) is 1. The maximum atomic E-state index is 12.7. The molecule has 0 aliphatic rings. The molecule has 108 valence electrons. The Labute approximate surface area is 122 Å². The van der Waals surface area contributed by atoms with E-state index in [1.807, 2.05) is 0 Å². The minimum absolute atomic E-state index is 0.291. The number of hydrogen-bond donors (Lipinski definition) is 2. The Hall–Kier alpha value is -2.21. The summed E-state index contributed by atoms with van der Waals surface area (Å²) in [6.45, 7) is 0. The largest absolute Gasteiger partial charge is 0.416 e. The van der Waals surface area contributed by atoms with E-state index in [1.165, 1.54) is 6.07 Å². The molecular formula is C14H9ClF3N3. The van der Waals surface area contributed by atoms with Crippen LogP contribution in [0.4, 0.5) is 18.9 Å². The molecule has 0 aliphatic carbocycles. The average Bonchev–Trinajstić information content (AvgIpc) is 2.83. The zero-order chi connectivity index (χ0) is 15.2. The molecule has 0 unspecified atom stereocenters. The molecule has 0 saturated carbocycles. The Kier molecular flexibility index (Phi) is 3.06. The lowest BCUT2D eigenvalue weighted by Crippen LogP contribution is -2.04. The van der Waals surface area contributed by atoms with Gasteiger partial charge >= 0.3 is 6.18 Å². The minimum atomic E-state index is -4.39. The molecule has 0 spiro atoms. The van der Waals surface area contributed by atoms with Crippen LogP contribution in [0.5, 0.6) is 0 Å². The van der Waals surface area contributed by atoms with Crippen LogP contribution in [-0.2, 0) is 6.18 Å². The van der Waals surface area contributed by atoms with Crippen molar-refractivity contribution in [1.82, 2.24) is 9.97 Å². The van der Waals surface area contributed by atoms with E-state index in [4.69, 9.17) is 17.3 Å². The van der Waals surface area contributed by atoms with Gasteiger partial charge in [-0.1, -0.05) is 11.6 Å². The molecule has 1 heterocycles. The first-order valence-corrected chi connectivity index (χ1v) is 6.35. The molecule has 0 saturated heterocycles. The maximum Gasteiger partial charge on any atom is 0.416 e. The highest BCUT2D eigenvalue weighted by Crippen LogP contribution is 2.33. The monoisotopic (exact) mass is 311 g/mol. The third-order valence-corrected chi connectivity index (χ3v) is 3.31. The lowest BCUT2D eigenvalue weighted by Gasteiger charge is -2.05. The number of benzene rings is 2. The summed E-state index contributed by atoms with van der Waals surface area (Å²) >= 11 is 5.90. The van der Waals surface area contributed by atoms with Gasteiger partial charge in [-0.15, -0.1) is 0 Å². The highest BCUT2D eigenvalue weighted by molar-refractivity contribution is 6.31. The number of nitrogens with zero attached hydrogens (tertiary/aromatic N) is 1. The second-order valence-electron chi connectivity index (χ2n) is 4.55. The van der Waals surface area contributed by atoms with Crippen LogP contribution in [0.3, 0.4) is 0 Å². The molecule has 0 bridgehead atoms. The number of imidazole rings is 1. The van der Waals surface area contributed by atoms with Gasteiger partial charge in [-0.25, -0.2) is 4.98 Å². The van der Waals surface area contributed by atoms with Gasteiger partial charge in [0.05, 0.1) is 16.6 Å². The first kappa shape index (κ1) is 13.8. The second-order valence-corrected chi connectivity index (χ2v) is 4.98. The Bertz CT molecular complexity index is 824. The van der Waals surface area contributed by atoms with Crippen LogP contribution in [-0.4, -0.2) is 9.97 Å². The number of H-pyrrole nitrogens is 1. The number of nitrogen functional groups attached to an aromatic ring is 1. The van der Waals surface area contributed by atoms with Gasteiger partial charge < -0.3 is 10.7 Å². The highest BCUT2D eigenvalue weighted by Gasteiger charge is 2.30. The molecule has 0 amide bonds. The van der Waals surface area contributed by atoms with Crippen LogP contribution in [0.2, 0.25) is 5.02 Å². The predicted molar refractivity (Wildman–Crippen MR) is 76.0 cm³/mol. The number of nitrogens with two attached hydrogens (primary N) is 1. The quantitative estimate of drug-likeness (QED) is 0.651. The summed E-state index contributed by atoms with van der Waals surface area (Å²) in [6, 6.07) is 8.19. The SMILES string of the molecule is Nc1ccc(Cl)cc1-c1nc2ccc(C(F)(F)F)cc2[nH]1. The summed E-state index contributed by atoms with van der Waals surface area (Å²) in [6.07, 6.45) is -4.39. The van der Waals surface area contributed by atoms with Gasteiger partial charge in [-0.3, -0.25) is 0 Å². The summed E-state index contributed by atoms with van der Waals surface area (Å²) in [7, 11) is 0. The molecule has 0 aliphatic heterocycles. The van der Waals surface area contributed by atoms with Crippen molar-refractivity contribution in [3.63, 3.8) is 0 Å². The number of anilines is 1. The van der Waals surface area contributed by atoms with E-state index >= 15 is 0 Å². The molecule has 0 radical (unpaired) electrons. The second kappa shape index (κ2) is 4.66.